The SMILES string of the molecule is C=CC/C(C(=O)O)=C(\CC)C(=O)O. The van der Waals surface area contributed by atoms with E-state index in [4.69, 9.17) is 10.2 Å². The molecule has 0 fully saturated rings. The fourth-order valence-electron chi connectivity index (χ4n) is 0.978. The molecule has 13 heavy (non-hydrogen) atoms. The molecule has 4 nitrogen and oxygen atoms in total. The molecule has 0 rings (SSSR count). The number of carboxylic acid groups (broad SMARTS) is 2. The fourth-order valence-corrected chi connectivity index (χ4v) is 0.978. The van der Waals surface area contributed by atoms with Gasteiger partial charge in [0.2, 0.25) is 0 Å². The highest BCUT2D eigenvalue weighted by Gasteiger charge is 2.16. The van der Waals surface area contributed by atoms with Crippen molar-refractivity contribution in [3.63, 3.8) is 0 Å². The molecule has 0 unspecified atom stereocenters. The first-order valence-corrected chi connectivity index (χ1v) is 3.84. The molecule has 0 aliphatic carbocycles. The van der Waals surface area contributed by atoms with Crippen LogP contribution in [-0.4, -0.2) is 22.2 Å². The van der Waals surface area contributed by atoms with Gasteiger partial charge in [0.05, 0.1) is 5.57 Å². The van der Waals surface area contributed by atoms with Gasteiger partial charge >= 0.3 is 11.9 Å². The molecule has 0 bridgehead atoms. The molecule has 0 saturated carbocycles. The van der Waals surface area contributed by atoms with Crippen LogP contribution in [0.3, 0.4) is 0 Å². The molecular weight excluding hydrogens is 172 g/mol. The average molecular weight is 184 g/mol. The van der Waals surface area contributed by atoms with Crippen LogP contribution in [0.5, 0.6) is 0 Å². The fraction of sp³-hybridized carbons (Fsp3) is 0.333. The molecular formula is C9H12O4. The zero-order chi connectivity index (χ0) is 10.4. The number of aliphatic carboxylic acids is 2. The van der Waals surface area contributed by atoms with Crippen LogP contribution >= 0.6 is 0 Å². The number of hydrogen-bond donors (Lipinski definition) is 2. The molecule has 0 aliphatic heterocycles. The van der Waals surface area contributed by atoms with E-state index in [-0.39, 0.29) is 24.0 Å². The summed E-state index contributed by atoms with van der Waals surface area (Å²) in [6.45, 7) is 4.98. The van der Waals surface area contributed by atoms with E-state index in [1.165, 1.54) is 6.08 Å². The second-order valence-corrected chi connectivity index (χ2v) is 2.41. The van der Waals surface area contributed by atoms with Gasteiger partial charge in [-0.2, -0.15) is 0 Å². The molecule has 2 N–H and O–H groups in total. The Bertz CT molecular complexity index is 263. The van der Waals surface area contributed by atoms with Crippen molar-refractivity contribution in [2.75, 3.05) is 0 Å². The molecule has 0 aromatic heterocycles. The molecule has 0 spiro atoms. The minimum Gasteiger partial charge on any atom is -0.478 e. The minimum absolute atomic E-state index is 0.0626. The minimum atomic E-state index is -1.20. The molecule has 0 saturated heterocycles. The van der Waals surface area contributed by atoms with Crippen LogP contribution in [0, 0.1) is 0 Å². The highest BCUT2D eigenvalue weighted by atomic mass is 16.4. The van der Waals surface area contributed by atoms with E-state index < -0.39 is 11.9 Å². The van der Waals surface area contributed by atoms with Gasteiger partial charge in [-0.3, -0.25) is 0 Å². The van der Waals surface area contributed by atoms with Crippen molar-refractivity contribution in [3.8, 4) is 0 Å². The van der Waals surface area contributed by atoms with E-state index in [1.54, 1.807) is 6.92 Å². The van der Waals surface area contributed by atoms with Gasteiger partial charge < -0.3 is 10.2 Å². The lowest BCUT2D eigenvalue weighted by molar-refractivity contribution is -0.136. The number of carboxylic acids is 2. The van der Waals surface area contributed by atoms with Crippen LogP contribution < -0.4 is 0 Å². The first-order chi connectivity index (χ1) is 6.04. The van der Waals surface area contributed by atoms with Crippen molar-refractivity contribution in [2.24, 2.45) is 0 Å². The van der Waals surface area contributed by atoms with Crippen LogP contribution in [0.4, 0.5) is 0 Å². The quantitative estimate of drug-likeness (QED) is 0.500. The van der Waals surface area contributed by atoms with Crippen LogP contribution in [-0.2, 0) is 9.59 Å². The van der Waals surface area contributed by atoms with Gasteiger partial charge in [0.25, 0.3) is 0 Å². The Morgan fingerprint density at radius 3 is 1.92 bits per heavy atom. The largest absolute Gasteiger partial charge is 0.478 e. The number of allylic oxidation sites excluding steroid dienone is 1. The van der Waals surface area contributed by atoms with Gasteiger partial charge in [0.15, 0.2) is 0 Å². The van der Waals surface area contributed by atoms with Gasteiger partial charge in [0.1, 0.15) is 0 Å². The average Bonchev–Trinajstić information content (AvgIpc) is 2.03. The third-order valence-electron chi connectivity index (χ3n) is 1.58. The lowest BCUT2D eigenvalue weighted by Crippen LogP contribution is -2.10. The smallest absolute Gasteiger partial charge is 0.332 e. The number of carbonyl (C=O) groups is 2. The van der Waals surface area contributed by atoms with Gasteiger partial charge in [-0.1, -0.05) is 13.0 Å². The second-order valence-electron chi connectivity index (χ2n) is 2.41. The van der Waals surface area contributed by atoms with Crippen LogP contribution in [0.25, 0.3) is 0 Å². The molecule has 0 aromatic rings. The molecule has 0 atom stereocenters. The Morgan fingerprint density at radius 2 is 1.69 bits per heavy atom. The first-order valence-electron chi connectivity index (χ1n) is 3.84. The molecule has 0 aliphatic rings. The normalized spacial score (nSPS) is 11.8. The summed E-state index contributed by atoms with van der Waals surface area (Å²) >= 11 is 0. The highest BCUT2D eigenvalue weighted by molar-refractivity contribution is 5.98. The van der Waals surface area contributed by atoms with E-state index in [0.29, 0.717) is 0 Å². The monoisotopic (exact) mass is 184 g/mol. The van der Waals surface area contributed by atoms with Crippen LogP contribution in [0.1, 0.15) is 19.8 Å². The van der Waals surface area contributed by atoms with E-state index in [2.05, 4.69) is 6.58 Å². The Kier molecular flexibility index (Phi) is 4.51. The predicted octanol–water partition coefficient (Wildman–Crippen LogP) is 1.44. The molecule has 0 amide bonds. The summed E-state index contributed by atoms with van der Waals surface area (Å²) in [4.78, 5) is 21.2. The molecule has 0 heterocycles. The zero-order valence-electron chi connectivity index (χ0n) is 7.41. The molecule has 0 aromatic carbocycles. The summed E-state index contributed by atoms with van der Waals surface area (Å²) in [6, 6.07) is 0. The van der Waals surface area contributed by atoms with E-state index in [9.17, 15) is 9.59 Å². The maximum atomic E-state index is 10.6. The van der Waals surface area contributed by atoms with Crippen molar-refractivity contribution in [2.45, 2.75) is 19.8 Å². The Labute approximate surface area is 76.2 Å². The molecule has 72 valence electrons. The summed E-state index contributed by atoms with van der Waals surface area (Å²) in [7, 11) is 0. The maximum Gasteiger partial charge on any atom is 0.332 e. The lowest BCUT2D eigenvalue weighted by Gasteiger charge is -2.03. The Morgan fingerprint density at radius 1 is 1.23 bits per heavy atom. The summed E-state index contributed by atoms with van der Waals surface area (Å²) in [5.41, 5.74) is -0.155. The van der Waals surface area contributed by atoms with Crippen LogP contribution in [0.15, 0.2) is 23.8 Å². The number of rotatable bonds is 5. The Balaban J connectivity index is 5.11. The number of hydrogen-bond acceptors (Lipinski definition) is 2. The van der Waals surface area contributed by atoms with Crippen LogP contribution in [0.2, 0.25) is 0 Å². The predicted molar refractivity (Wildman–Crippen MR) is 47.4 cm³/mol. The summed E-state index contributed by atoms with van der Waals surface area (Å²) in [5.74, 6) is -2.37. The third kappa shape index (κ3) is 3.11. The lowest BCUT2D eigenvalue weighted by atomic mass is 10.0. The van der Waals surface area contributed by atoms with Crippen molar-refractivity contribution in [1.29, 1.82) is 0 Å². The van der Waals surface area contributed by atoms with Crippen molar-refractivity contribution in [1.82, 2.24) is 0 Å². The van der Waals surface area contributed by atoms with Gasteiger partial charge in [-0.25, -0.2) is 9.59 Å². The van der Waals surface area contributed by atoms with Crippen molar-refractivity contribution in [3.05, 3.63) is 23.8 Å². The van der Waals surface area contributed by atoms with Gasteiger partial charge in [-0.05, 0) is 12.8 Å². The standard InChI is InChI=1S/C9H12O4/c1-3-5-7(9(12)13)6(4-2)8(10)11/h3H,1,4-5H2,2H3,(H,10,11)(H,12,13)/b7-6-. The molecule has 0 radical (unpaired) electrons. The highest BCUT2D eigenvalue weighted by Crippen LogP contribution is 2.13. The van der Waals surface area contributed by atoms with Crippen molar-refractivity contribution >= 4 is 11.9 Å². The van der Waals surface area contributed by atoms with Gasteiger partial charge in [0, 0.05) is 5.57 Å². The van der Waals surface area contributed by atoms with Crippen molar-refractivity contribution < 1.29 is 19.8 Å². The van der Waals surface area contributed by atoms with E-state index in [0.717, 1.165) is 0 Å². The van der Waals surface area contributed by atoms with E-state index >= 15 is 0 Å². The second kappa shape index (κ2) is 5.13. The molecule has 4 heteroatoms. The Hall–Kier alpha value is -1.58. The summed E-state index contributed by atoms with van der Waals surface area (Å²) in [6.07, 6.45) is 1.65. The maximum absolute atomic E-state index is 10.6. The van der Waals surface area contributed by atoms with E-state index in [1.807, 2.05) is 0 Å². The summed E-state index contributed by atoms with van der Waals surface area (Å²) < 4.78 is 0. The topological polar surface area (TPSA) is 74.6 Å². The zero-order valence-corrected chi connectivity index (χ0v) is 7.41. The first kappa shape index (κ1) is 11.4. The summed E-state index contributed by atoms with van der Waals surface area (Å²) in [5, 5.41) is 17.3. The third-order valence-corrected chi connectivity index (χ3v) is 1.58. The van der Waals surface area contributed by atoms with Gasteiger partial charge in [-0.15, -0.1) is 6.58 Å².